The van der Waals surface area contributed by atoms with Crippen LogP contribution in [0.25, 0.3) is 0 Å². The first kappa shape index (κ1) is 13.1. The molecule has 0 aliphatic heterocycles. The number of hydrogen-bond acceptors (Lipinski definition) is 3. The van der Waals surface area contributed by atoms with Crippen LogP contribution in [0.1, 0.15) is 13.3 Å². The molecule has 4 nitrogen and oxygen atoms in total. The van der Waals surface area contributed by atoms with Crippen molar-refractivity contribution >= 4 is 61.5 Å². The van der Waals surface area contributed by atoms with Crippen LogP contribution in [0.5, 0.6) is 0 Å². The van der Waals surface area contributed by atoms with Gasteiger partial charge in [-0.1, -0.05) is 6.92 Å². The second kappa shape index (κ2) is 5.20. The first-order valence-electron chi connectivity index (χ1n) is 2.13. The molecule has 51 valence electrons. The molecule has 6 heteroatoms. The van der Waals surface area contributed by atoms with E-state index >= 15 is 0 Å². The maximum atomic E-state index is 9.87. The number of aliphatic hydroxyl groups excluding tert-OH is 1. The fourth-order valence-corrected chi connectivity index (χ4v) is 0.632. The Morgan fingerprint density at radius 1 is 1.56 bits per heavy atom. The quantitative estimate of drug-likeness (QED) is 0.431. The summed E-state index contributed by atoms with van der Waals surface area (Å²) in [5.41, 5.74) is -1.62. The van der Waals surface area contributed by atoms with Gasteiger partial charge in [0, 0.05) is 51.4 Å². The van der Waals surface area contributed by atoms with Gasteiger partial charge in [-0.15, -0.1) is 0 Å². The van der Waals surface area contributed by atoms with Crippen molar-refractivity contribution < 1.29 is 18.1 Å². The van der Waals surface area contributed by atoms with Gasteiger partial charge >= 0.3 is 0 Å². The van der Waals surface area contributed by atoms with Crippen LogP contribution in [0.2, 0.25) is 0 Å². The Hall–Kier alpha value is 1.51. The molecule has 0 amide bonds. The van der Waals surface area contributed by atoms with E-state index in [1.807, 2.05) is 0 Å². The van der Waals surface area contributed by atoms with Gasteiger partial charge < -0.3 is 5.11 Å². The van der Waals surface area contributed by atoms with E-state index in [4.69, 9.17) is 9.66 Å². The molecule has 0 aliphatic carbocycles. The Bertz CT molecular complexity index is 151. The Kier molecular flexibility index (Phi) is 7.57. The maximum Gasteiger partial charge on any atom is 0.291 e. The minimum absolute atomic E-state index is 0. The summed E-state index contributed by atoms with van der Waals surface area (Å²) in [6.07, 6.45) is 0.0127. The Balaban J connectivity index is 0. The van der Waals surface area contributed by atoms with Crippen molar-refractivity contribution in [2.45, 2.75) is 18.8 Å². The van der Waals surface area contributed by atoms with Crippen molar-refractivity contribution in [1.82, 2.24) is 0 Å². The predicted octanol–water partition coefficient (Wildman–Crippen LogP) is -0.778. The third-order valence-electron chi connectivity index (χ3n) is 0.693. The summed E-state index contributed by atoms with van der Waals surface area (Å²) < 4.78 is 27.7. The smallest absolute Gasteiger partial charge is 0.291 e. The van der Waals surface area contributed by atoms with Crippen molar-refractivity contribution in [2.24, 2.45) is 0 Å². The maximum absolute atomic E-state index is 9.87. The first-order chi connectivity index (χ1) is 3.48. The molecule has 0 aliphatic rings. The standard InChI is InChI=1S/C3H8O4S.K/c1-2-3(4)8(5,6)7;/h3-4H,2H2,1H3,(H,5,6,7);. The minimum Gasteiger partial charge on any atom is -0.375 e. The first-order valence-corrected chi connectivity index (χ1v) is 3.63. The van der Waals surface area contributed by atoms with Crippen LogP contribution >= 0.6 is 0 Å². The normalized spacial score (nSPS) is 14.1. The second-order valence-corrected chi connectivity index (χ2v) is 2.95. The summed E-state index contributed by atoms with van der Waals surface area (Å²) in [7, 11) is -4.20. The summed E-state index contributed by atoms with van der Waals surface area (Å²) in [6.45, 7) is 1.46. The monoisotopic (exact) mass is 179 g/mol. The van der Waals surface area contributed by atoms with Gasteiger partial charge in [0.15, 0.2) is 5.44 Å². The van der Waals surface area contributed by atoms with Crippen molar-refractivity contribution in [3.05, 3.63) is 0 Å². The summed E-state index contributed by atoms with van der Waals surface area (Å²) >= 11 is 0. The molecule has 0 aromatic heterocycles. The fraction of sp³-hybridized carbons (Fsp3) is 1.00. The average molecular weight is 179 g/mol. The summed E-state index contributed by atoms with van der Waals surface area (Å²) in [5, 5.41) is 8.36. The second-order valence-electron chi connectivity index (χ2n) is 1.38. The zero-order chi connectivity index (χ0) is 6.78. The molecule has 0 aromatic carbocycles. The molecule has 0 bridgehead atoms. The molecule has 0 fully saturated rings. The predicted molar refractivity (Wildman–Crippen MR) is 33.6 cm³/mol. The van der Waals surface area contributed by atoms with E-state index in [9.17, 15) is 8.42 Å². The number of rotatable bonds is 2. The number of aliphatic hydroxyl groups is 1. The average Bonchev–Trinajstić information content (AvgIpc) is 1.62. The fourth-order valence-electron chi connectivity index (χ4n) is 0.211. The molecule has 9 heavy (non-hydrogen) atoms. The molecule has 2 N–H and O–H groups in total. The molecule has 0 aromatic rings. The van der Waals surface area contributed by atoms with Gasteiger partial charge in [-0.3, -0.25) is 4.55 Å². The van der Waals surface area contributed by atoms with Crippen LogP contribution in [-0.4, -0.2) is 74.9 Å². The molecular weight excluding hydrogens is 171 g/mol. The topological polar surface area (TPSA) is 74.6 Å². The van der Waals surface area contributed by atoms with Crippen LogP contribution in [0.3, 0.4) is 0 Å². The summed E-state index contributed by atoms with van der Waals surface area (Å²) in [6, 6.07) is 0. The van der Waals surface area contributed by atoms with Crippen molar-refractivity contribution in [3.63, 3.8) is 0 Å². The third kappa shape index (κ3) is 5.93. The Morgan fingerprint density at radius 3 is 1.89 bits per heavy atom. The molecule has 1 unspecified atom stereocenters. The largest absolute Gasteiger partial charge is 0.375 e. The number of hydrogen-bond donors (Lipinski definition) is 2. The minimum atomic E-state index is -4.20. The van der Waals surface area contributed by atoms with E-state index in [0.717, 1.165) is 0 Å². The molecule has 1 radical (unpaired) electrons. The SMILES string of the molecule is CCC(O)S(=O)(=O)O.[K]. The van der Waals surface area contributed by atoms with E-state index in [2.05, 4.69) is 0 Å². The van der Waals surface area contributed by atoms with Crippen LogP contribution in [0.4, 0.5) is 0 Å². The molecule has 1 atom stereocenters. The van der Waals surface area contributed by atoms with Gasteiger partial charge in [0.25, 0.3) is 10.1 Å². The van der Waals surface area contributed by atoms with E-state index < -0.39 is 15.6 Å². The van der Waals surface area contributed by atoms with Gasteiger partial charge in [-0.2, -0.15) is 8.42 Å². The van der Waals surface area contributed by atoms with Crippen LogP contribution in [0, 0.1) is 0 Å². The van der Waals surface area contributed by atoms with Crippen molar-refractivity contribution in [2.75, 3.05) is 0 Å². The zero-order valence-corrected chi connectivity index (χ0v) is 9.34. The van der Waals surface area contributed by atoms with Gasteiger partial charge in [-0.05, 0) is 6.42 Å². The third-order valence-corrected chi connectivity index (χ3v) is 1.71. The van der Waals surface area contributed by atoms with E-state index in [1.54, 1.807) is 0 Å². The Labute approximate surface area is 96.8 Å². The summed E-state index contributed by atoms with van der Waals surface area (Å²) in [4.78, 5) is 0. The summed E-state index contributed by atoms with van der Waals surface area (Å²) in [5.74, 6) is 0. The van der Waals surface area contributed by atoms with Crippen molar-refractivity contribution in [3.8, 4) is 0 Å². The molecule has 0 spiro atoms. The molecule has 0 saturated carbocycles. The van der Waals surface area contributed by atoms with Gasteiger partial charge in [-0.25, -0.2) is 0 Å². The molecule has 0 heterocycles. The van der Waals surface area contributed by atoms with Crippen molar-refractivity contribution in [1.29, 1.82) is 0 Å². The Morgan fingerprint density at radius 2 is 1.89 bits per heavy atom. The van der Waals surface area contributed by atoms with E-state index in [-0.39, 0.29) is 57.8 Å². The van der Waals surface area contributed by atoms with Crippen LogP contribution < -0.4 is 0 Å². The molecule has 0 rings (SSSR count). The van der Waals surface area contributed by atoms with Gasteiger partial charge in [0.2, 0.25) is 0 Å². The van der Waals surface area contributed by atoms with E-state index in [0.29, 0.717) is 0 Å². The zero-order valence-electron chi connectivity index (χ0n) is 5.40. The van der Waals surface area contributed by atoms with E-state index in [1.165, 1.54) is 6.92 Å². The van der Waals surface area contributed by atoms with Gasteiger partial charge in [0.1, 0.15) is 0 Å². The molecule has 0 saturated heterocycles. The van der Waals surface area contributed by atoms with Gasteiger partial charge in [0.05, 0.1) is 0 Å². The van der Waals surface area contributed by atoms with Crippen LogP contribution in [-0.2, 0) is 10.1 Å². The van der Waals surface area contributed by atoms with Crippen LogP contribution in [0.15, 0.2) is 0 Å². The molecular formula is C3H8KO4S.